The van der Waals surface area contributed by atoms with E-state index in [4.69, 9.17) is 44.8 Å². The van der Waals surface area contributed by atoms with Crippen LogP contribution in [0.3, 0.4) is 0 Å². The van der Waals surface area contributed by atoms with Gasteiger partial charge in [0.2, 0.25) is 12.5 Å². The first-order valence-electron chi connectivity index (χ1n) is 15.4. The number of carbonyl (C=O) groups excluding carboxylic acids is 2. The second-order valence-electron chi connectivity index (χ2n) is 10.3. The van der Waals surface area contributed by atoms with Crippen molar-refractivity contribution in [1.29, 1.82) is 0 Å². The molecule has 1 heterocycles. The molecule has 0 bridgehead atoms. The van der Waals surface area contributed by atoms with Gasteiger partial charge in [-0.25, -0.2) is 14.6 Å². The summed E-state index contributed by atoms with van der Waals surface area (Å²) in [6.07, 6.45) is 2.89. The molecule has 0 aromatic heterocycles. The number of aryl methyl sites for hydroxylation is 1. The standard InChI is InChI=1S/C23H26F2N4O4.C9H12O3.C2H6.CH2O/c1-31-11-15-4-3-14-7-20-21(33-12-32-20)8-16(14)22(15)28-23(30)19(26)10-29(27)9-13-2-5-17(24)18(25)6-13;1-10-7-5-4-6-8(11-2)9(7)12-3;2*1-2/h2,5-8,10,15,22H,3-4,9,11-12,26-27H2,1H3,(H,28,30);4-6H,1-3H3;1-2H3;1H2/b19-10-;;;. The first-order valence-corrected chi connectivity index (χ1v) is 15.4. The lowest BCUT2D eigenvalue weighted by Gasteiger charge is -2.34. The average Bonchev–Trinajstić information content (AvgIpc) is 3.59. The van der Waals surface area contributed by atoms with Crippen molar-refractivity contribution in [1.82, 2.24) is 10.3 Å². The molecule has 268 valence electrons. The van der Waals surface area contributed by atoms with Crippen LogP contribution >= 0.6 is 0 Å². The first-order chi connectivity index (χ1) is 23.7. The normalized spacial score (nSPS) is 15.4. The molecule has 3 aromatic rings. The summed E-state index contributed by atoms with van der Waals surface area (Å²) in [7, 11) is 6.39. The number of fused-ring (bicyclic) bond motifs is 2. The minimum atomic E-state index is -0.975. The van der Waals surface area contributed by atoms with Gasteiger partial charge in [0.25, 0.3) is 5.91 Å². The van der Waals surface area contributed by atoms with Gasteiger partial charge in [-0.3, -0.25) is 4.79 Å². The molecule has 2 aliphatic rings. The van der Waals surface area contributed by atoms with E-state index in [1.807, 2.05) is 51.0 Å². The smallest absolute Gasteiger partial charge is 0.269 e. The molecule has 5 N–H and O–H groups in total. The summed E-state index contributed by atoms with van der Waals surface area (Å²) in [5.74, 6) is 6.83. The Kier molecular flexibility index (Phi) is 16.6. The molecule has 1 aliphatic heterocycles. The highest BCUT2D eigenvalue weighted by Crippen LogP contribution is 2.42. The molecule has 2 unspecified atom stereocenters. The van der Waals surface area contributed by atoms with Gasteiger partial charge in [-0.2, -0.15) is 0 Å². The Morgan fingerprint density at radius 2 is 1.61 bits per heavy atom. The number of hydrazine groups is 1. The molecule has 12 nitrogen and oxygen atoms in total. The lowest BCUT2D eigenvalue weighted by molar-refractivity contribution is -0.119. The number of benzene rings is 3. The SMILES string of the molecule is C=O.CC.COCC1CCc2cc3c(cc2C1NC(=O)/C(N)=C/N(N)Cc1ccc(F)c(F)c1)OCO3.COc1cccc(OC)c1OC. The van der Waals surface area contributed by atoms with Gasteiger partial charge in [-0.15, -0.1) is 0 Å². The van der Waals surface area contributed by atoms with Crippen LogP contribution in [0.1, 0.15) is 43.0 Å². The molecule has 1 amide bonds. The van der Waals surface area contributed by atoms with Crippen molar-refractivity contribution in [3.05, 3.63) is 88.8 Å². The highest BCUT2D eigenvalue weighted by atomic mass is 19.2. The monoisotopic (exact) mass is 688 g/mol. The lowest BCUT2D eigenvalue weighted by Crippen LogP contribution is -2.40. The summed E-state index contributed by atoms with van der Waals surface area (Å²) < 4.78 is 58.1. The number of halogens is 2. The van der Waals surface area contributed by atoms with Crippen LogP contribution in [0.5, 0.6) is 28.7 Å². The zero-order chi connectivity index (χ0) is 36.5. The Labute approximate surface area is 285 Å². The molecule has 49 heavy (non-hydrogen) atoms. The molecule has 0 saturated carbocycles. The van der Waals surface area contributed by atoms with Crippen LogP contribution in [0, 0.1) is 17.6 Å². The third kappa shape index (κ3) is 10.7. The minimum absolute atomic E-state index is 0.0349. The molecular formula is C35H46F2N4O8. The van der Waals surface area contributed by atoms with Crippen molar-refractivity contribution in [3.63, 3.8) is 0 Å². The quantitative estimate of drug-likeness (QED) is 0.153. The molecular weight excluding hydrogens is 642 g/mol. The summed E-state index contributed by atoms with van der Waals surface area (Å²) in [6, 6.07) is 12.4. The number of ether oxygens (including phenoxy) is 6. The number of hydrogen-bond donors (Lipinski definition) is 3. The molecule has 0 saturated heterocycles. The zero-order valence-electron chi connectivity index (χ0n) is 28.7. The van der Waals surface area contributed by atoms with E-state index in [9.17, 15) is 13.6 Å². The summed E-state index contributed by atoms with van der Waals surface area (Å²) in [5, 5.41) is 4.13. The van der Waals surface area contributed by atoms with Gasteiger partial charge in [-0.05, 0) is 65.9 Å². The summed E-state index contributed by atoms with van der Waals surface area (Å²) in [6.45, 7) is 6.66. The van der Waals surface area contributed by atoms with Gasteiger partial charge < -0.3 is 49.3 Å². The second-order valence-corrected chi connectivity index (χ2v) is 10.3. The van der Waals surface area contributed by atoms with Crippen molar-refractivity contribution in [3.8, 4) is 28.7 Å². The Bertz CT molecular complexity index is 1520. The fourth-order valence-electron chi connectivity index (χ4n) is 5.23. The van der Waals surface area contributed by atoms with Gasteiger partial charge in [-0.1, -0.05) is 26.0 Å². The molecule has 2 atom stereocenters. The molecule has 14 heteroatoms. The number of methoxy groups -OCH3 is 4. The number of nitrogens with zero attached hydrogens (tertiary/aromatic N) is 1. The van der Waals surface area contributed by atoms with Crippen LogP contribution in [0.4, 0.5) is 8.78 Å². The van der Waals surface area contributed by atoms with E-state index < -0.39 is 17.5 Å². The predicted molar refractivity (Wildman–Crippen MR) is 180 cm³/mol. The van der Waals surface area contributed by atoms with Crippen LogP contribution in [0.25, 0.3) is 0 Å². The van der Waals surface area contributed by atoms with E-state index in [2.05, 4.69) is 5.32 Å². The molecule has 0 radical (unpaired) electrons. The van der Waals surface area contributed by atoms with Crippen LogP contribution < -0.4 is 40.6 Å². The maximum atomic E-state index is 13.4. The lowest BCUT2D eigenvalue weighted by atomic mass is 9.79. The van der Waals surface area contributed by atoms with Crippen LogP contribution in [0.2, 0.25) is 0 Å². The fourth-order valence-corrected chi connectivity index (χ4v) is 5.23. The number of para-hydroxylation sites is 1. The Balaban J connectivity index is 0.000000436. The van der Waals surface area contributed by atoms with E-state index in [0.29, 0.717) is 40.9 Å². The second kappa shape index (κ2) is 20.3. The number of amides is 1. The first kappa shape index (κ1) is 40.1. The molecule has 1 aliphatic carbocycles. The Morgan fingerprint density at radius 1 is 0.980 bits per heavy atom. The van der Waals surface area contributed by atoms with Gasteiger partial charge in [0.1, 0.15) is 12.5 Å². The van der Waals surface area contributed by atoms with Gasteiger partial charge in [0.15, 0.2) is 34.6 Å². The third-order valence-electron chi connectivity index (χ3n) is 7.40. The molecule has 0 spiro atoms. The van der Waals surface area contributed by atoms with Crippen LogP contribution in [-0.2, 0) is 27.3 Å². The van der Waals surface area contributed by atoms with Crippen molar-refractivity contribution in [2.45, 2.75) is 39.3 Å². The third-order valence-corrected chi connectivity index (χ3v) is 7.40. The van der Waals surface area contributed by atoms with E-state index >= 15 is 0 Å². The van der Waals surface area contributed by atoms with Crippen molar-refractivity contribution in [2.75, 3.05) is 41.8 Å². The zero-order valence-corrected chi connectivity index (χ0v) is 28.7. The summed E-state index contributed by atoms with van der Waals surface area (Å²) in [5.41, 5.74) is 8.30. The molecule has 5 rings (SSSR count). The topological polar surface area (TPSA) is 157 Å². The Morgan fingerprint density at radius 3 is 2.18 bits per heavy atom. The van der Waals surface area contributed by atoms with E-state index in [-0.39, 0.29) is 31.0 Å². The number of rotatable bonds is 10. The molecule has 3 aromatic carbocycles. The number of nitrogens with two attached hydrogens (primary N) is 2. The van der Waals surface area contributed by atoms with E-state index in [1.54, 1.807) is 28.4 Å². The average molecular weight is 689 g/mol. The molecule has 0 fully saturated rings. The van der Waals surface area contributed by atoms with Crippen molar-refractivity contribution < 1.29 is 46.8 Å². The summed E-state index contributed by atoms with van der Waals surface area (Å²) >= 11 is 0. The highest BCUT2D eigenvalue weighted by molar-refractivity contribution is 5.92. The van der Waals surface area contributed by atoms with Crippen LogP contribution in [-0.4, -0.2) is 59.5 Å². The number of nitrogens with one attached hydrogen (secondary N) is 1. The number of hydrogen-bond acceptors (Lipinski definition) is 11. The predicted octanol–water partition coefficient (Wildman–Crippen LogP) is 4.79. The highest BCUT2D eigenvalue weighted by Gasteiger charge is 2.33. The largest absolute Gasteiger partial charge is 0.493 e. The summed E-state index contributed by atoms with van der Waals surface area (Å²) in [4.78, 5) is 20.9. The van der Waals surface area contributed by atoms with Crippen LogP contribution in [0.15, 0.2) is 60.4 Å². The van der Waals surface area contributed by atoms with Gasteiger partial charge in [0, 0.05) is 19.2 Å². The van der Waals surface area contributed by atoms with Gasteiger partial charge in [0.05, 0.1) is 40.5 Å². The van der Waals surface area contributed by atoms with E-state index in [1.165, 1.54) is 12.3 Å². The van der Waals surface area contributed by atoms with Crippen molar-refractivity contribution in [2.24, 2.45) is 17.5 Å². The fraction of sp³-hybridized carbons (Fsp3) is 0.371. The van der Waals surface area contributed by atoms with E-state index in [0.717, 1.165) is 41.1 Å². The maximum Gasteiger partial charge on any atom is 0.269 e. The van der Waals surface area contributed by atoms with Gasteiger partial charge >= 0.3 is 0 Å². The Hall–Kier alpha value is -5.08. The number of carbonyl (C=O) groups is 2. The maximum absolute atomic E-state index is 13.4. The minimum Gasteiger partial charge on any atom is -0.493 e. The van der Waals surface area contributed by atoms with Crippen molar-refractivity contribution >= 4 is 12.7 Å².